The van der Waals surface area contributed by atoms with Crippen LogP contribution in [-0.2, 0) is 0 Å². The smallest absolute Gasteiger partial charge is 0.147 e. The van der Waals surface area contributed by atoms with Crippen molar-refractivity contribution in [1.82, 2.24) is 0 Å². The molecule has 0 atom stereocenters. The predicted molar refractivity (Wildman–Crippen MR) is 34.1 cm³/mol. The largest absolute Gasteiger partial charge is 0.147 e. The van der Waals surface area contributed by atoms with Crippen molar-refractivity contribution in [1.29, 1.82) is 0 Å². The van der Waals surface area contributed by atoms with Crippen molar-refractivity contribution in [3.05, 3.63) is 0 Å². The van der Waals surface area contributed by atoms with Gasteiger partial charge in [0.25, 0.3) is 0 Å². The second-order valence-corrected chi connectivity index (χ2v) is 2.79. The minimum absolute atomic E-state index is 0. The van der Waals surface area contributed by atoms with Gasteiger partial charge in [-0.05, 0) is 0 Å². The van der Waals surface area contributed by atoms with Crippen LogP contribution in [0.2, 0.25) is 4.44 Å². The van der Waals surface area contributed by atoms with E-state index in [0.717, 1.165) is 0 Å². The van der Waals surface area contributed by atoms with E-state index in [2.05, 4.69) is 6.92 Å². The first-order chi connectivity index (χ1) is 2.41. The van der Waals surface area contributed by atoms with Crippen LogP contribution in [-0.4, -0.2) is 22.5 Å². The van der Waals surface area contributed by atoms with Crippen molar-refractivity contribution in [2.24, 2.45) is 0 Å². The maximum atomic E-state index is 2.23. The zero-order chi connectivity index (χ0) is 4.12. The Kier molecular flexibility index (Phi) is 16.0. The van der Waals surface area contributed by atoms with E-state index >= 15 is 0 Å². The fourth-order valence-corrected chi connectivity index (χ4v) is 1.37. The number of hydrogen-bond donors (Lipinski definition) is 0. The van der Waals surface area contributed by atoms with Crippen LogP contribution in [0, 0.1) is 0 Å². The number of unbranched alkanes of at least 4 members (excludes halogenated alkanes) is 1. The van der Waals surface area contributed by atoms with Gasteiger partial charge >= 0.3 is 46.7 Å². The molecule has 0 rings (SSSR count). The molecule has 0 amide bonds. The second-order valence-electron chi connectivity index (χ2n) is 1.14. The normalized spacial score (nSPS) is 7.00. The summed E-state index contributed by atoms with van der Waals surface area (Å²) in [5.41, 5.74) is 0. The van der Waals surface area contributed by atoms with E-state index in [9.17, 15) is 0 Å². The molecule has 0 fully saturated rings. The average molecular weight is 213 g/mol. The molecule has 0 spiro atoms. The molecule has 0 heterocycles. The van der Waals surface area contributed by atoms with Crippen molar-refractivity contribution in [2.45, 2.75) is 24.2 Å². The molecule has 38 valence electrons. The monoisotopic (exact) mass is 214 g/mol. The molecule has 0 bridgehead atoms. The van der Waals surface area contributed by atoms with Crippen LogP contribution < -0.4 is 0 Å². The molecule has 0 aliphatic carbocycles. The Morgan fingerprint density at radius 1 is 1.50 bits per heavy atom. The molecule has 0 aliphatic heterocycles. The van der Waals surface area contributed by atoms with Gasteiger partial charge in [-0.1, -0.05) is 0 Å². The fraction of sp³-hybridized carbons (Fsp3) is 1.00. The van der Waals surface area contributed by atoms with Crippen molar-refractivity contribution < 1.29 is 0 Å². The van der Waals surface area contributed by atoms with E-state index in [0.29, 0.717) is 0 Å². The van der Waals surface area contributed by atoms with Crippen molar-refractivity contribution in [2.75, 3.05) is 0 Å². The quantitative estimate of drug-likeness (QED) is 0.610. The maximum absolute atomic E-state index is 2.23. The van der Waals surface area contributed by atoms with Crippen LogP contribution >= 0.6 is 12.4 Å². The van der Waals surface area contributed by atoms with Crippen molar-refractivity contribution >= 4 is 34.9 Å². The van der Waals surface area contributed by atoms with Crippen LogP contribution in [0.5, 0.6) is 0 Å². The molecule has 0 aliphatic rings. The Morgan fingerprint density at radius 3 is 2.00 bits per heavy atom. The average Bonchev–Trinajstić information content (AvgIpc) is 1.41. The van der Waals surface area contributed by atoms with Gasteiger partial charge in [-0.25, -0.2) is 0 Å². The predicted octanol–water partition coefficient (Wildman–Crippen LogP) is 1.53. The summed E-state index contributed by atoms with van der Waals surface area (Å²) in [4.78, 5) is 0. The SMILES string of the molecule is CCC[CH2][SnH].Cl. The van der Waals surface area contributed by atoms with Crippen LogP contribution in [0.4, 0.5) is 0 Å². The van der Waals surface area contributed by atoms with Gasteiger partial charge in [0.1, 0.15) is 0 Å². The summed E-state index contributed by atoms with van der Waals surface area (Å²) >= 11 is 1.45. The van der Waals surface area contributed by atoms with Gasteiger partial charge in [0.05, 0.1) is 0 Å². The van der Waals surface area contributed by atoms with Crippen LogP contribution in [0.3, 0.4) is 0 Å². The molecular formula is C4H11ClSn. The Bertz CT molecular complexity index is 15.0. The molecule has 0 aromatic carbocycles. The third-order valence-corrected chi connectivity index (χ3v) is 1.72. The summed E-state index contributed by atoms with van der Waals surface area (Å²) in [7, 11) is 0. The molecule has 2 radical (unpaired) electrons. The van der Waals surface area contributed by atoms with E-state index in [-0.39, 0.29) is 12.4 Å². The molecule has 0 saturated carbocycles. The standard InChI is InChI=1S/C4H9.ClH.Sn.H/c1-3-4-2;;;/h1,3-4H2,2H3;1H;;. The molecule has 0 saturated heterocycles. The molecule has 0 unspecified atom stereocenters. The first-order valence-electron chi connectivity index (χ1n) is 2.12. The van der Waals surface area contributed by atoms with E-state index in [4.69, 9.17) is 0 Å². The Hall–Kier alpha value is 1.09. The summed E-state index contributed by atoms with van der Waals surface area (Å²) in [5, 5.41) is 0. The summed E-state index contributed by atoms with van der Waals surface area (Å²) in [6.07, 6.45) is 2.82. The second kappa shape index (κ2) is 9.43. The summed E-state index contributed by atoms with van der Waals surface area (Å²) in [5.74, 6) is 0. The van der Waals surface area contributed by atoms with Gasteiger partial charge in [-0.2, -0.15) is 0 Å². The fourth-order valence-electron chi connectivity index (χ4n) is 0.204. The van der Waals surface area contributed by atoms with Crippen LogP contribution in [0.1, 0.15) is 19.8 Å². The van der Waals surface area contributed by atoms with E-state index < -0.39 is 0 Å². The number of halogens is 1. The number of rotatable bonds is 2. The van der Waals surface area contributed by atoms with Gasteiger partial charge in [-0.15, -0.1) is 12.4 Å². The number of hydrogen-bond acceptors (Lipinski definition) is 0. The summed E-state index contributed by atoms with van der Waals surface area (Å²) in [6.45, 7) is 2.23. The van der Waals surface area contributed by atoms with Crippen LogP contribution in [0.25, 0.3) is 0 Å². The maximum Gasteiger partial charge on any atom is -0.147 e. The zero-order valence-electron chi connectivity index (χ0n) is 4.11. The minimum Gasteiger partial charge on any atom is -0.147 e. The van der Waals surface area contributed by atoms with Gasteiger partial charge in [0.15, 0.2) is 0 Å². The molecule has 0 N–H and O–H groups in total. The molecule has 2 heteroatoms. The van der Waals surface area contributed by atoms with Crippen molar-refractivity contribution in [3.8, 4) is 0 Å². The first-order valence-corrected chi connectivity index (χ1v) is 4.45. The van der Waals surface area contributed by atoms with Crippen LogP contribution in [0.15, 0.2) is 0 Å². The Balaban J connectivity index is 0. The first kappa shape index (κ1) is 10.1. The Labute approximate surface area is 59.2 Å². The summed E-state index contributed by atoms with van der Waals surface area (Å²) in [6, 6.07) is 0. The van der Waals surface area contributed by atoms with E-state index in [1.807, 2.05) is 0 Å². The van der Waals surface area contributed by atoms with Gasteiger partial charge in [-0.3, -0.25) is 0 Å². The molecule has 6 heavy (non-hydrogen) atoms. The molecule has 0 aromatic heterocycles. The molecule has 0 nitrogen and oxygen atoms in total. The zero-order valence-corrected chi connectivity index (χ0v) is 8.22. The van der Waals surface area contributed by atoms with E-state index in [1.54, 1.807) is 0 Å². The van der Waals surface area contributed by atoms with E-state index in [1.165, 1.54) is 39.8 Å². The molecule has 0 aromatic rings. The molecular weight excluding hydrogens is 202 g/mol. The third kappa shape index (κ3) is 8.92. The van der Waals surface area contributed by atoms with Crippen molar-refractivity contribution in [3.63, 3.8) is 0 Å². The summed E-state index contributed by atoms with van der Waals surface area (Å²) < 4.78 is 1.47. The van der Waals surface area contributed by atoms with Gasteiger partial charge in [0.2, 0.25) is 0 Å². The topological polar surface area (TPSA) is 0 Å². The minimum atomic E-state index is 0. The third-order valence-electron chi connectivity index (χ3n) is 0.558. The van der Waals surface area contributed by atoms with Gasteiger partial charge < -0.3 is 0 Å². The Morgan fingerprint density at radius 2 is 2.00 bits per heavy atom. The van der Waals surface area contributed by atoms with Gasteiger partial charge in [0, 0.05) is 0 Å².